The van der Waals surface area contributed by atoms with Gasteiger partial charge >= 0.3 is 12.1 Å². The summed E-state index contributed by atoms with van der Waals surface area (Å²) < 4.78 is 4.94. The normalized spacial score (nSPS) is 9.24. The Labute approximate surface area is 96.9 Å². The maximum Gasteiger partial charge on any atom is 0.329 e. The monoisotopic (exact) mass is 237 g/mol. The van der Waals surface area contributed by atoms with Crippen LogP contribution in [0.1, 0.15) is 10.4 Å². The number of benzene rings is 1. The van der Waals surface area contributed by atoms with Gasteiger partial charge in [0.05, 0.1) is 12.7 Å². The lowest BCUT2D eigenvalue weighted by molar-refractivity contribution is 0.0962. The maximum absolute atomic E-state index is 11.6. The molecule has 0 saturated carbocycles. The van der Waals surface area contributed by atoms with Crippen LogP contribution >= 0.6 is 0 Å². The molecule has 0 aliphatic carbocycles. The first-order valence-electron chi connectivity index (χ1n) is 4.59. The number of imide groups is 2. The van der Waals surface area contributed by atoms with Gasteiger partial charge in [-0.3, -0.25) is 15.4 Å². The minimum Gasteiger partial charge on any atom is -0.496 e. The van der Waals surface area contributed by atoms with Crippen LogP contribution in [0.25, 0.3) is 0 Å². The lowest BCUT2D eigenvalue weighted by atomic mass is 10.2. The number of carbonyl (C=O) groups is 3. The number of urea groups is 2. The molecular weight excluding hydrogens is 226 g/mol. The van der Waals surface area contributed by atoms with Crippen LogP contribution in [0.2, 0.25) is 0 Å². The number of amides is 5. The van der Waals surface area contributed by atoms with E-state index in [0.717, 1.165) is 0 Å². The largest absolute Gasteiger partial charge is 0.496 e. The van der Waals surface area contributed by atoms with Crippen LogP contribution in [0.15, 0.2) is 24.3 Å². The van der Waals surface area contributed by atoms with E-state index in [1.807, 2.05) is 5.32 Å². The quantitative estimate of drug-likeness (QED) is 0.682. The molecule has 0 radical (unpaired) electrons. The van der Waals surface area contributed by atoms with Crippen molar-refractivity contribution in [3.8, 4) is 5.75 Å². The van der Waals surface area contributed by atoms with Gasteiger partial charge < -0.3 is 10.5 Å². The van der Waals surface area contributed by atoms with Gasteiger partial charge in [0.1, 0.15) is 5.75 Å². The number of nitrogens with one attached hydrogen (secondary N) is 2. The molecule has 0 aliphatic rings. The Balaban J connectivity index is 2.76. The first kappa shape index (κ1) is 12.5. The number of nitrogens with two attached hydrogens (primary N) is 1. The van der Waals surface area contributed by atoms with Crippen molar-refractivity contribution in [3.05, 3.63) is 29.8 Å². The van der Waals surface area contributed by atoms with Crippen molar-refractivity contribution in [2.75, 3.05) is 7.11 Å². The number of hydrogen-bond donors (Lipinski definition) is 3. The van der Waals surface area contributed by atoms with E-state index in [0.29, 0.717) is 5.75 Å². The highest BCUT2D eigenvalue weighted by atomic mass is 16.5. The highest BCUT2D eigenvalue weighted by Crippen LogP contribution is 2.16. The number of rotatable bonds is 2. The fraction of sp³-hybridized carbons (Fsp3) is 0.100. The molecule has 4 N–H and O–H groups in total. The predicted octanol–water partition coefficient (Wildman–Crippen LogP) is 0.213. The summed E-state index contributed by atoms with van der Waals surface area (Å²) >= 11 is 0. The van der Waals surface area contributed by atoms with Crippen LogP contribution < -0.4 is 21.1 Å². The molecule has 0 aliphatic heterocycles. The Morgan fingerprint density at radius 3 is 2.41 bits per heavy atom. The zero-order valence-corrected chi connectivity index (χ0v) is 9.02. The second-order valence-corrected chi connectivity index (χ2v) is 2.97. The molecule has 5 amide bonds. The predicted molar refractivity (Wildman–Crippen MR) is 58.6 cm³/mol. The van der Waals surface area contributed by atoms with Crippen LogP contribution in [-0.4, -0.2) is 25.1 Å². The highest BCUT2D eigenvalue weighted by Gasteiger charge is 2.14. The van der Waals surface area contributed by atoms with Crippen molar-refractivity contribution < 1.29 is 19.1 Å². The first-order valence-corrected chi connectivity index (χ1v) is 4.59. The summed E-state index contributed by atoms with van der Waals surface area (Å²) in [5.74, 6) is -0.377. The number of para-hydroxylation sites is 1. The van der Waals surface area contributed by atoms with Gasteiger partial charge in [-0.25, -0.2) is 9.59 Å². The van der Waals surface area contributed by atoms with E-state index in [9.17, 15) is 14.4 Å². The third kappa shape index (κ3) is 3.49. The van der Waals surface area contributed by atoms with Crippen LogP contribution in [0.3, 0.4) is 0 Å². The molecule has 0 heterocycles. The van der Waals surface area contributed by atoms with E-state index < -0.39 is 18.0 Å². The average molecular weight is 237 g/mol. The second-order valence-electron chi connectivity index (χ2n) is 2.97. The lowest BCUT2D eigenvalue weighted by Crippen LogP contribution is -2.44. The summed E-state index contributed by atoms with van der Waals surface area (Å²) in [6, 6.07) is 4.30. The van der Waals surface area contributed by atoms with Gasteiger partial charge in [0.15, 0.2) is 0 Å². The molecule has 17 heavy (non-hydrogen) atoms. The Bertz CT molecular complexity index is 459. The molecule has 7 heteroatoms. The molecule has 90 valence electrons. The summed E-state index contributed by atoms with van der Waals surface area (Å²) in [5.41, 5.74) is 4.89. The van der Waals surface area contributed by atoms with Crippen LogP contribution in [0, 0.1) is 0 Å². The molecule has 0 atom stereocenters. The van der Waals surface area contributed by atoms with Crippen LogP contribution in [-0.2, 0) is 0 Å². The molecule has 1 aromatic rings. The molecule has 0 saturated heterocycles. The second kappa shape index (κ2) is 5.50. The maximum atomic E-state index is 11.6. The van der Waals surface area contributed by atoms with Crippen molar-refractivity contribution in [1.82, 2.24) is 10.6 Å². The van der Waals surface area contributed by atoms with E-state index in [-0.39, 0.29) is 5.56 Å². The molecule has 0 spiro atoms. The van der Waals surface area contributed by atoms with Crippen LogP contribution in [0.5, 0.6) is 5.75 Å². The summed E-state index contributed by atoms with van der Waals surface area (Å²) in [7, 11) is 1.40. The fourth-order valence-electron chi connectivity index (χ4n) is 1.15. The van der Waals surface area contributed by atoms with E-state index in [2.05, 4.69) is 0 Å². The summed E-state index contributed by atoms with van der Waals surface area (Å²) in [6.07, 6.45) is 0. The van der Waals surface area contributed by atoms with Crippen molar-refractivity contribution in [2.45, 2.75) is 0 Å². The number of carbonyl (C=O) groups excluding carboxylic acids is 3. The molecule has 0 unspecified atom stereocenters. The number of methoxy groups -OCH3 is 1. The van der Waals surface area contributed by atoms with Crippen molar-refractivity contribution >= 4 is 18.0 Å². The summed E-state index contributed by atoms with van der Waals surface area (Å²) in [6.45, 7) is 0. The van der Waals surface area contributed by atoms with Gasteiger partial charge in [-0.15, -0.1) is 0 Å². The number of hydrogen-bond acceptors (Lipinski definition) is 4. The molecular formula is C10H11N3O4. The van der Waals surface area contributed by atoms with Crippen LogP contribution in [0.4, 0.5) is 9.59 Å². The molecule has 0 fully saturated rings. The van der Waals surface area contributed by atoms with Crippen molar-refractivity contribution in [1.29, 1.82) is 0 Å². The van der Waals surface area contributed by atoms with Gasteiger partial charge in [-0.05, 0) is 12.1 Å². The third-order valence-electron chi connectivity index (χ3n) is 1.82. The first-order chi connectivity index (χ1) is 8.04. The minimum atomic E-state index is -1.05. The molecule has 1 aromatic carbocycles. The fourth-order valence-corrected chi connectivity index (χ4v) is 1.15. The summed E-state index contributed by atoms with van der Waals surface area (Å²) in [5, 5.41) is 3.64. The molecule has 0 aromatic heterocycles. The Hall–Kier alpha value is -2.57. The third-order valence-corrected chi connectivity index (χ3v) is 1.82. The van der Waals surface area contributed by atoms with Gasteiger partial charge in [-0.1, -0.05) is 12.1 Å². The van der Waals surface area contributed by atoms with Crippen molar-refractivity contribution in [3.63, 3.8) is 0 Å². The van der Waals surface area contributed by atoms with Gasteiger partial charge in [0.2, 0.25) is 0 Å². The number of ether oxygens (including phenoxy) is 1. The molecule has 7 nitrogen and oxygen atoms in total. The minimum absolute atomic E-state index is 0.176. The Kier molecular flexibility index (Phi) is 4.04. The zero-order chi connectivity index (χ0) is 12.8. The van der Waals surface area contributed by atoms with Gasteiger partial charge in [0.25, 0.3) is 5.91 Å². The van der Waals surface area contributed by atoms with Gasteiger partial charge in [-0.2, -0.15) is 0 Å². The average Bonchev–Trinajstić information content (AvgIpc) is 2.27. The van der Waals surface area contributed by atoms with Gasteiger partial charge in [0, 0.05) is 0 Å². The Morgan fingerprint density at radius 1 is 1.18 bits per heavy atom. The van der Waals surface area contributed by atoms with E-state index in [4.69, 9.17) is 10.5 Å². The van der Waals surface area contributed by atoms with E-state index in [1.165, 1.54) is 13.2 Å². The molecule has 1 rings (SSSR count). The number of primary amides is 1. The lowest BCUT2D eigenvalue weighted by Gasteiger charge is -2.07. The van der Waals surface area contributed by atoms with Crippen molar-refractivity contribution in [2.24, 2.45) is 5.73 Å². The topological polar surface area (TPSA) is 111 Å². The highest BCUT2D eigenvalue weighted by molar-refractivity contribution is 6.08. The van der Waals surface area contributed by atoms with E-state index in [1.54, 1.807) is 23.5 Å². The van der Waals surface area contributed by atoms with E-state index >= 15 is 0 Å². The zero-order valence-electron chi connectivity index (χ0n) is 9.02. The smallest absolute Gasteiger partial charge is 0.329 e. The summed E-state index contributed by atoms with van der Waals surface area (Å²) in [4.78, 5) is 33.0. The molecule has 0 bridgehead atoms. The SMILES string of the molecule is COc1ccccc1C(=O)NC(=O)NC(N)=O. The Morgan fingerprint density at radius 2 is 1.82 bits per heavy atom. The standard InChI is InChI=1S/C10H11N3O4/c1-17-7-5-3-2-4-6(7)8(14)12-10(16)13-9(11)15/h2-5H,1H3,(H4,11,12,13,14,15,16).